The number of rotatable bonds is 53. The van der Waals surface area contributed by atoms with Crippen LogP contribution in [0.5, 0.6) is 0 Å². The molecule has 0 saturated carbocycles. The fourth-order valence-electron chi connectivity index (χ4n) is 8.01. The molecule has 76 heavy (non-hydrogen) atoms. The highest BCUT2D eigenvalue weighted by atomic mass is 31.2. The smallest absolute Gasteiger partial charge is 0.306 e. The van der Waals surface area contributed by atoms with E-state index in [1.165, 1.54) is 57.8 Å². The molecular formula is C66H113N2O7P. The topological polar surface area (TPSA) is 114 Å². The zero-order valence-electron chi connectivity index (χ0n) is 49.4. The minimum Gasteiger partial charge on any atom is -0.756 e. The average Bonchev–Trinajstić information content (AvgIpc) is 3.38. The summed E-state index contributed by atoms with van der Waals surface area (Å²) in [6.45, 7) is 6.56. The molecular weight excluding hydrogens is 964 g/mol. The lowest BCUT2D eigenvalue weighted by Gasteiger charge is -2.30. The van der Waals surface area contributed by atoms with Gasteiger partial charge in [0, 0.05) is 12.8 Å². The van der Waals surface area contributed by atoms with Gasteiger partial charge in [0.05, 0.1) is 33.8 Å². The Bertz CT molecular complexity index is 1720. The minimum absolute atomic E-state index is 0.0388. The van der Waals surface area contributed by atoms with Crippen molar-refractivity contribution in [3.8, 4) is 0 Å². The lowest BCUT2D eigenvalue weighted by atomic mass is 10.0. The van der Waals surface area contributed by atoms with Gasteiger partial charge >= 0.3 is 5.97 Å². The molecule has 0 fully saturated rings. The molecule has 3 unspecified atom stereocenters. The van der Waals surface area contributed by atoms with Crippen LogP contribution >= 0.6 is 7.82 Å². The third-order valence-corrected chi connectivity index (χ3v) is 13.6. The molecule has 10 heteroatoms. The van der Waals surface area contributed by atoms with Gasteiger partial charge in [-0.2, -0.15) is 0 Å². The van der Waals surface area contributed by atoms with E-state index in [0.29, 0.717) is 23.9 Å². The Kier molecular flexibility index (Phi) is 52.2. The van der Waals surface area contributed by atoms with Crippen molar-refractivity contribution in [3.63, 3.8) is 0 Å². The van der Waals surface area contributed by atoms with Crippen LogP contribution < -0.4 is 10.2 Å². The van der Waals surface area contributed by atoms with E-state index in [2.05, 4.69) is 135 Å². The maximum absolute atomic E-state index is 13.5. The second-order valence-corrected chi connectivity index (χ2v) is 22.5. The zero-order chi connectivity index (χ0) is 55.7. The summed E-state index contributed by atoms with van der Waals surface area (Å²) in [4.78, 5) is 40.0. The van der Waals surface area contributed by atoms with Gasteiger partial charge < -0.3 is 28.5 Å². The van der Waals surface area contributed by atoms with Crippen molar-refractivity contribution in [2.75, 3.05) is 40.9 Å². The van der Waals surface area contributed by atoms with Gasteiger partial charge in [-0.3, -0.25) is 14.2 Å². The maximum atomic E-state index is 13.5. The molecule has 9 nitrogen and oxygen atoms in total. The number of likely N-dealkylation sites (N-methyl/N-ethyl adjacent to an activating group) is 1. The first-order chi connectivity index (χ1) is 36.9. The summed E-state index contributed by atoms with van der Waals surface area (Å²) >= 11 is 0. The molecule has 0 saturated heterocycles. The largest absolute Gasteiger partial charge is 0.756 e. The van der Waals surface area contributed by atoms with Gasteiger partial charge in [0.15, 0.2) is 0 Å². The third-order valence-electron chi connectivity index (χ3n) is 12.6. The number of hydrogen-bond donors (Lipinski definition) is 1. The van der Waals surface area contributed by atoms with E-state index in [1.807, 2.05) is 33.3 Å². The summed E-state index contributed by atoms with van der Waals surface area (Å²) in [7, 11) is 1.13. The number of unbranched alkanes of at least 4 members (excludes halogenated alkanes) is 19. The van der Waals surface area contributed by atoms with Crippen LogP contribution in [0.4, 0.5) is 0 Å². The summed E-state index contributed by atoms with van der Waals surface area (Å²) < 4.78 is 30.3. The highest BCUT2D eigenvalue weighted by Gasteiger charge is 2.27. The van der Waals surface area contributed by atoms with Crippen LogP contribution in [0.2, 0.25) is 0 Å². The molecule has 0 rings (SSSR count). The first-order valence-electron chi connectivity index (χ1n) is 30.3. The van der Waals surface area contributed by atoms with Crippen LogP contribution in [-0.4, -0.2) is 69.4 Å². The second-order valence-electron chi connectivity index (χ2n) is 21.1. The number of allylic oxidation sites excluding steroid dienone is 19. The van der Waals surface area contributed by atoms with Crippen LogP contribution in [0, 0.1) is 0 Å². The summed E-state index contributed by atoms with van der Waals surface area (Å²) in [6, 6.07) is -0.922. The molecule has 0 radical (unpaired) electrons. The number of carbonyl (C=O) groups is 2. The zero-order valence-corrected chi connectivity index (χ0v) is 50.3. The molecule has 0 aliphatic carbocycles. The summed E-state index contributed by atoms with van der Waals surface area (Å²) in [6.07, 6.45) is 75.9. The Morgan fingerprint density at radius 1 is 0.474 bits per heavy atom. The molecule has 0 aromatic heterocycles. The molecule has 0 bridgehead atoms. The van der Waals surface area contributed by atoms with Crippen LogP contribution in [0.3, 0.4) is 0 Å². The number of phosphoric acid groups is 1. The summed E-state index contributed by atoms with van der Waals surface area (Å²) in [5, 5.41) is 3.00. The highest BCUT2D eigenvalue weighted by molar-refractivity contribution is 7.45. The predicted octanol–water partition coefficient (Wildman–Crippen LogP) is 18.1. The molecule has 3 atom stereocenters. The van der Waals surface area contributed by atoms with Crippen molar-refractivity contribution in [2.24, 2.45) is 0 Å². The summed E-state index contributed by atoms with van der Waals surface area (Å²) in [5.74, 6) is -0.615. The van der Waals surface area contributed by atoms with E-state index in [1.54, 1.807) is 0 Å². The van der Waals surface area contributed by atoms with Gasteiger partial charge in [-0.05, 0) is 115 Å². The molecule has 1 N–H and O–H groups in total. The fourth-order valence-corrected chi connectivity index (χ4v) is 8.73. The normalized spacial score (nSPS) is 14.6. The van der Waals surface area contributed by atoms with Gasteiger partial charge in [0.25, 0.3) is 7.82 Å². The summed E-state index contributed by atoms with van der Waals surface area (Å²) in [5.41, 5.74) is 0. The van der Waals surface area contributed by atoms with Crippen molar-refractivity contribution >= 4 is 19.7 Å². The van der Waals surface area contributed by atoms with Crippen molar-refractivity contribution in [3.05, 3.63) is 122 Å². The van der Waals surface area contributed by atoms with Crippen LogP contribution in [0.15, 0.2) is 122 Å². The first-order valence-corrected chi connectivity index (χ1v) is 31.8. The quantitative estimate of drug-likeness (QED) is 0.0212. The van der Waals surface area contributed by atoms with Crippen LogP contribution in [0.25, 0.3) is 0 Å². The van der Waals surface area contributed by atoms with Gasteiger partial charge in [-0.25, -0.2) is 0 Å². The van der Waals surface area contributed by atoms with Crippen molar-refractivity contribution in [2.45, 2.75) is 245 Å². The van der Waals surface area contributed by atoms with Crippen LogP contribution in [0.1, 0.15) is 233 Å². The number of amides is 1. The molecule has 1 amide bonds. The Morgan fingerprint density at radius 2 is 0.842 bits per heavy atom. The Balaban J connectivity index is 5.42. The third kappa shape index (κ3) is 55.2. The predicted molar refractivity (Wildman–Crippen MR) is 325 cm³/mol. The first kappa shape index (κ1) is 72.4. The number of hydrogen-bond acceptors (Lipinski definition) is 7. The van der Waals surface area contributed by atoms with E-state index in [9.17, 15) is 19.0 Å². The van der Waals surface area contributed by atoms with Gasteiger partial charge in [0.2, 0.25) is 5.91 Å². The highest BCUT2D eigenvalue weighted by Crippen LogP contribution is 2.38. The average molecular weight is 1080 g/mol. The molecule has 0 aliphatic heterocycles. The molecule has 434 valence electrons. The number of carbonyl (C=O) groups excluding carboxylic acids is 2. The fraction of sp³-hybridized carbons (Fsp3) is 0.667. The molecule has 0 aliphatic rings. The maximum Gasteiger partial charge on any atom is 0.306 e. The van der Waals surface area contributed by atoms with Gasteiger partial charge in [0.1, 0.15) is 19.3 Å². The van der Waals surface area contributed by atoms with E-state index >= 15 is 0 Å². The Labute approximate surface area is 467 Å². The number of esters is 1. The number of ether oxygens (including phenoxy) is 1. The van der Waals surface area contributed by atoms with E-state index < -0.39 is 32.5 Å². The number of nitrogens with one attached hydrogen (secondary N) is 1. The molecule has 0 aromatic rings. The molecule has 0 aromatic carbocycles. The lowest BCUT2D eigenvalue weighted by Crippen LogP contribution is -2.47. The number of nitrogens with zero attached hydrogens (tertiary/aromatic N) is 1. The number of quaternary nitrogens is 1. The van der Waals surface area contributed by atoms with Crippen LogP contribution in [-0.2, 0) is 27.9 Å². The van der Waals surface area contributed by atoms with E-state index in [0.717, 1.165) is 128 Å². The number of phosphoric ester groups is 1. The standard InChI is InChI=1S/C66H113N2O7P/c1-7-10-13-16-19-22-25-28-30-32-33-34-35-36-38-41-44-47-50-53-56-59-66(70)75-64(57-54-51-48-45-42-39-27-24-21-18-15-12-9-3)63(62-74-76(71,72)73-61-60-68(4,5)6)67-65(69)58-55-52-49-46-43-40-37-31-29-26-23-20-17-14-11-8-2/h10-11,13-14,19-20,22-23,28-31,33-34,36,38,44,47,54,57,63-64H,7-9,12,15-18,21,24-27,32,35,37,39-43,45-46,48-53,55-56,58-62H2,1-6H3,(H-,67,69,71,72)/b13-10-,14-11+,22-19-,23-20+,30-28-,31-29+,34-33-,38-36-,47-44-,57-54+. The van der Waals surface area contributed by atoms with Gasteiger partial charge in [-0.1, -0.05) is 226 Å². The van der Waals surface area contributed by atoms with Gasteiger partial charge in [-0.15, -0.1) is 0 Å². The van der Waals surface area contributed by atoms with Crippen molar-refractivity contribution in [1.29, 1.82) is 0 Å². The SMILES string of the molecule is CC/C=C\C/C=C\C/C=C\C/C=C\C/C=C\C/C=C\CCCCC(=O)OC(/C=C/CCCCCCCCCCCCC)C(COP(=O)([O-])OCC[N+](C)(C)C)NC(=O)CCCCCCCC/C=C/C/C=C/C/C=C/CC. The van der Waals surface area contributed by atoms with E-state index in [4.69, 9.17) is 13.8 Å². The molecule has 0 heterocycles. The second kappa shape index (κ2) is 54.8. The monoisotopic (exact) mass is 1080 g/mol. The Hall–Kier alpha value is -3.59. The van der Waals surface area contributed by atoms with E-state index in [-0.39, 0.29) is 25.4 Å². The van der Waals surface area contributed by atoms with Crippen molar-refractivity contribution < 1.29 is 37.3 Å². The van der Waals surface area contributed by atoms with Crippen molar-refractivity contribution in [1.82, 2.24) is 5.32 Å². The lowest BCUT2D eigenvalue weighted by molar-refractivity contribution is -0.870. The molecule has 0 spiro atoms. The Morgan fingerprint density at radius 3 is 1.28 bits per heavy atom. The minimum atomic E-state index is -4.72.